The van der Waals surface area contributed by atoms with Crippen LogP contribution in [0, 0.1) is 6.92 Å². The van der Waals surface area contributed by atoms with E-state index >= 15 is 0 Å². The van der Waals surface area contributed by atoms with Gasteiger partial charge in [0.2, 0.25) is 0 Å². The molecule has 4 nitrogen and oxygen atoms in total. The van der Waals surface area contributed by atoms with Gasteiger partial charge in [0, 0.05) is 20.7 Å². The Balaban J connectivity index is 1.91. The van der Waals surface area contributed by atoms with Crippen molar-refractivity contribution in [3.05, 3.63) is 49.9 Å². The Morgan fingerprint density at radius 3 is 2.70 bits per heavy atom. The van der Waals surface area contributed by atoms with Crippen LogP contribution in [0.4, 0.5) is 0 Å². The van der Waals surface area contributed by atoms with Crippen molar-refractivity contribution in [3.8, 4) is 0 Å². The number of nitrogens with one attached hydrogen (secondary N) is 1. The zero-order valence-corrected chi connectivity index (χ0v) is 12.4. The van der Waals surface area contributed by atoms with Crippen molar-refractivity contribution < 1.29 is 14.7 Å². The molecule has 1 amide bonds. The van der Waals surface area contributed by atoms with Crippen molar-refractivity contribution in [1.29, 1.82) is 0 Å². The minimum atomic E-state index is -0.971. The van der Waals surface area contributed by atoms with E-state index in [1.54, 1.807) is 6.08 Å². The zero-order valence-electron chi connectivity index (χ0n) is 10.8. The number of carbonyl (C=O) groups excluding carboxylic acids is 1. The normalized spacial score (nSPS) is 10.8. The van der Waals surface area contributed by atoms with Crippen molar-refractivity contribution >= 4 is 40.6 Å². The number of carbonyl (C=O) groups is 2. The number of aryl methyl sites for hydroxylation is 1. The molecule has 0 saturated heterocycles. The van der Waals surface area contributed by atoms with Crippen LogP contribution in [0.5, 0.6) is 0 Å². The summed E-state index contributed by atoms with van der Waals surface area (Å²) in [6, 6.07) is 7.44. The van der Waals surface area contributed by atoms with E-state index in [0.29, 0.717) is 11.4 Å². The number of thiophene rings is 2. The average Bonchev–Trinajstić information content (AvgIpc) is 3.02. The lowest BCUT2D eigenvalue weighted by Crippen LogP contribution is -2.21. The maximum atomic E-state index is 11.9. The molecule has 0 fully saturated rings. The summed E-state index contributed by atoms with van der Waals surface area (Å²) in [6.07, 6.45) is 2.64. The summed E-state index contributed by atoms with van der Waals surface area (Å²) < 4.78 is 0. The molecular weight excluding hydrogens is 294 g/mol. The molecule has 0 radical (unpaired) electrons. The summed E-state index contributed by atoms with van der Waals surface area (Å²) in [6.45, 7) is 2.41. The topological polar surface area (TPSA) is 66.4 Å². The largest absolute Gasteiger partial charge is 0.478 e. The molecule has 0 spiro atoms. The van der Waals surface area contributed by atoms with Gasteiger partial charge in [-0.2, -0.15) is 0 Å². The lowest BCUT2D eigenvalue weighted by Gasteiger charge is -2.00. The Kier molecular flexibility index (Phi) is 4.70. The van der Waals surface area contributed by atoms with Crippen LogP contribution in [-0.2, 0) is 11.3 Å². The van der Waals surface area contributed by atoms with E-state index in [1.165, 1.54) is 22.7 Å². The Labute approximate surface area is 124 Å². The van der Waals surface area contributed by atoms with Gasteiger partial charge < -0.3 is 10.4 Å². The Bertz CT molecular complexity index is 655. The Morgan fingerprint density at radius 2 is 2.05 bits per heavy atom. The number of hydrogen-bond donors (Lipinski definition) is 2. The predicted molar refractivity (Wildman–Crippen MR) is 81.2 cm³/mol. The average molecular weight is 307 g/mol. The monoisotopic (exact) mass is 307 g/mol. The molecule has 0 aromatic carbocycles. The minimum absolute atomic E-state index is 0.0841. The van der Waals surface area contributed by atoms with E-state index in [2.05, 4.69) is 5.32 Å². The molecule has 2 heterocycles. The Morgan fingerprint density at radius 1 is 1.25 bits per heavy atom. The van der Waals surface area contributed by atoms with Crippen LogP contribution in [0.15, 0.2) is 30.3 Å². The second-order valence-corrected chi connectivity index (χ2v) is 6.56. The molecule has 0 saturated carbocycles. The van der Waals surface area contributed by atoms with Gasteiger partial charge in [-0.1, -0.05) is 0 Å². The number of carboxylic acid groups (broad SMARTS) is 1. The van der Waals surface area contributed by atoms with Crippen molar-refractivity contribution in [2.45, 2.75) is 13.5 Å². The highest BCUT2D eigenvalue weighted by molar-refractivity contribution is 7.14. The van der Waals surface area contributed by atoms with Crippen molar-refractivity contribution in [2.24, 2.45) is 0 Å². The molecule has 0 bridgehead atoms. The first-order valence-corrected chi connectivity index (χ1v) is 7.52. The van der Waals surface area contributed by atoms with Gasteiger partial charge in [-0.05, 0) is 37.3 Å². The summed E-state index contributed by atoms with van der Waals surface area (Å²) in [4.78, 5) is 25.9. The van der Waals surface area contributed by atoms with Crippen LogP contribution in [0.25, 0.3) is 6.08 Å². The summed E-state index contributed by atoms with van der Waals surface area (Å²) in [5.41, 5.74) is 0. The van der Waals surface area contributed by atoms with E-state index in [4.69, 9.17) is 5.11 Å². The molecule has 104 valence electrons. The molecule has 0 unspecified atom stereocenters. The first-order valence-electron chi connectivity index (χ1n) is 5.89. The second kappa shape index (κ2) is 6.49. The fraction of sp³-hybridized carbons (Fsp3) is 0.143. The minimum Gasteiger partial charge on any atom is -0.478 e. The molecular formula is C14H13NO3S2. The second-order valence-electron chi connectivity index (χ2n) is 4.07. The van der Waals surface area contributed by atoms with E-state index in [-0.39, 0.29) is 5.91 Å². The number of rotatable bonds is 5. The molecule has 2 aromatic rings. The number of carboxylic acids is 1. The van der Waals surface area contributed by atoms with Crippen molar-refractivity contribution in [3.63, 3.8) is 0 Å². The van der Waals surface area contributed by atoms with Crippen LogP contribution in [0.1, 0.15) is 24.3 Å². The number of amides is 1. The summed E-state index contributed by atoms with van der Waals surface area (Å²) in [5, 5.41) is 11.4. The molecule has 6 heteroatoms. The molecule has 2 aromatic heterocycles. The third kappa shape index (κ3) is 4.04. The standard InChI is InChI=1S/C14H13NO3S2/c1-9-2-6-12(19-9)14(18)15-8-11-4-3-10(20-11)5-7-13(16)17/h2-7H,8H2,1H3,(H,15,18)(H,16,17). The first kappa shape index (κ1) is 14.5. The SMILES string of the molecule is Cc1ccc(C(=O)NCc2ccc(C=CC(=O)O)s2)s1. The smallest absolute Gasteiger partial charge is 0.328 e. The molecule has 0 aliphatic carbocycles. The van der Waals surface area contributed by atoms with Gasteiger partial charge >= 0.3 is 5.97 Å². The lowest BCUT2D eigenvalue weighted by atomic mass is 10.3. The lowest BCUT2D eigenvalue weighted by molar-refractivity contribution is -0.131. The van der Waals surface area contributed by atoms with Crippen LogP contribution in [0.3, 0.4) is 0 Å². The van der Waals surface area contributed by atoms with Crippen LogP contribution < -0.4 is 5.32 Å². The summed E-state index contributed by atoms with van der Waals surface area (Å²) in [7, 11) is 0. The van der Waals surface area contributed by atoms with Gasteiger partial charge in [-0.15, -0.1) is 22.7 Å². The van der Waals surface area contributed by atoms with E-state index in [1.807, 2.05) is 31.2 Å². The number of hydrogen-bond acceptors (Lipinski definition) is 4. The van der Waals surface area contributed by atoms with E-state index in [9.17, 15) is 9.59 Å². The fourth-order valence-corrected chi connectivity index (χ4v) is 3.18. The van der Waals surface area contributed by atoms with Crippen LogP contribution >= 0.6 is 22.7 Å². The highest BCUT2D eigenvalue weighted by atomic mass is 32.1. The maximum Gasteiger partial charge on any atom is 0.328 e. The van der Waals surface area contributed by atoms with Gasteiger partial charge in [0.25, 0.3) is 5.91 Å². The molecule has 0 aliphatic rings. The quantitative estimate of drug-likeness (QED) is 0.834. The zero-order chi connectivity index (χ0) is 14.5. The van der Waals surface area contributed by atoms with Crippen molar-refractivity contribution in [2.75, 3.05) is 0 Å². The molecule has 20 heavy (non-hydrogen) atoms. The Hall–Kier alpha value is -1.92. The maximum absolute atomic E-state index is 11.9. The van der Waals surface area contributed by atoms with Crippen LogP contribution in [0.2, 0.25) is 0 Å². The molecule has 0 aliphatic heterocycles. The molecule has 2 rings (SSSR count). The third-order valence-electron chi connectivity index (χ3n) is 2.46. The van der Waals surface area contributed by atoms with Crippen molar-refractivity contribution in [1.82, 2.24) is 5.32 Å². The van der Waals surface area contributed by atoms with Gasteiger partial charge in [-0.3, -0.25) is 4.79 Å². The highest BCUT2D eigenvalue weighted by Gasteiger charge is 2.08. The predicted octanol–water partition coefficient (Wildman–Crippen LogP) is 3.15. The summed E-state index contributed by atoms with van der Waals surface area (Å²) >= 11 is 2.92. The van der Waals surface area contributed by atoms with E-state index < -0.39 is 5.97 Å². The van der Waals surface area contributed by atoms with Gasteiger partial charge in [0.1, 0.15) is 0 Å². The molecule has 0 atom stereocenters. The van der Waals surface area contributed by atoms with Gasteiger partial charge in [0.15, 0.2) is 0 Å². The third-order valence-corrected chi connectivity index (χ3v) is 4.51. The van der Waals surface area contributed by atoms with E-state index in [0.717, 1.165) is 20.7 Å². The molecule has 2 N–H and O–H groups in total. The first-order chi connectivity index (χ1) is 9.54. The van der Waals surface area contributed by atoms with Gasteiger partial charge in [0.05, 0.1) is 11.4 Å². The fourth-order valence-electron chi connectivity index (χ4n) is 1.54. The number of aliphatic carboxylic acids is 1. The summed E-state index contributed by atoms with van der Waals surface area (Å²) in [5.74, 6) is -1.06. The van der Waals surface area contributed by atoms with Gasteiger partial charge in [-0.25, -0.2) is 4.79 Å². The van der Waals surface area contributed by atoms with Crippen LogP contribution in [-0.4, -0.2) is 17.0 Å². The highest BCUT2D eigenvalue weighted by Crippen LogP contribution is 2.19.